The van der Waals surface area contributed by atoms with Crippen LogP contribution in [-0.4, -0.2) is 232 Å². The molecule has 0 aromatic heterocycles. The topological polar surface area (TPSA) is 387 Å². The van der Waals surface area contributed by atoms with E-state index in [1.165, 1.54) is 0 Å². The summed E-state index contributed by atoms with van der Waals surface area (Å²) in [6, 6.07) is -5.55. The van der Waals surface area contributed by atoms with Crippen LogP contribution in [0.3, 0.4) is 0 Å². The van der Waals surface area contributed by atoms with Crippen molar-refractivity contribution < 1.29 is 47.9 Å². The van der Waals surface area contributed by atoms with Gasteiger partial charge in [-0.3, -0.25) is 47.9 Å². The number of hydrogen-bond donors (Lipinski definition) is 18. The third-order valence-corrected chi connectivity index (χ3v) is 24.5. The molecule has 0 aromatic carbocycles. The maximum absolute atomic E-state index is 14.8. The molecule has 147 heavy (non-hydrogen) atoms. The number of rotatable bonds is 71. The van der Waals surface area contributed by atoms with Crippen molar-refractivity contribution in [2.75, 3.05) is 52.4 Å². The van der Waals surface area contributed by atoms with E-state index < -0.39 is 58.5 Å². The zero-order chi connectivity index (χ0) is 113. The average molecular weight is 2090 g/mol. The highest BCUT2D eigenvalue weighted by molar-refractivity contribution is 5.96. The zero-order valence-electron chi connectivity index (χ0n) is 103. The highest BCUT2D eigenvalue weighted by Gasteiger charge is 2.39. The van der Waals surface area contributed by atoms with Crippen LogP contribution in [0.2, 0.25) is 0 Å². The van der Waals surface area contributed by atoms with Gasteiger partial charge >= 0.3 is 0 Å². The van der Waals surface area contributed by atoms with E-state index in [2.05, 4.69) is 303 Å². The lowest BCUT2D eigenvalue weighted by Gasteiger charge is -2.31. The summed E-state index contributed by atoms with van der Waals surface area (Å²) in [5, 5.41) is 60.7. The van der Waals surface area contributed by atoms with Crippen molar-refractivity contribution in [1.82, 2.24) is 95.7 Å². The summed E-state index contributed by atoms with van der Waals surface area (Å²) in [6.07, 6.45) is 25.1. The van der Waals surface area contributed by atoms with E-state index in [9.17, 15) is 47.9 Å². The number of ketones is 3. The summed E-state index contributed by atoms with van der Waals surface area (Å²) < 4.78 is 0. The Labute approximate surface area is 903 Å². The van der Waals surface area contributed by atoms with Gasteiger partial charge in [0.05, 0.1) is 48.3 Å². The summed E-state index contributed by atoms with van der Waals surface area (Å²) in [5.41, 5.74) is -2.62. The van der Waals surface area contributed by atoms with Crippen molar-refractivity contribution in [1.29, 1.82) is 0 Å². The fourth-order valence-corrected chi connectivity index (χ4v) is 17.3. The fraction of sp³-hybridized carbons (Fsp3) is 0.916. The molecule has 0 aliphatic heterocycles. The molecule has 0 bridgehead atoms. The number of carbonyl (C=O) groups excluding carboxylic acids is 10. The standard InChI is InChI=1S/C80H160N12O7.C38H78N6O3.CH4/c1-72(2,3)52-38-29-31-44-58(89-77(16,17)18)65(93)51-32-28-30-46-60(87-70(98)63(91-79(22,23)24)49-36-42-56-84-75(10,11)12)67(95)81-53-39-33-45-59(66(94)73(4,5)6)86-69(97)61(88-71(99)64(92-80(25,26)27)50-37-43-57-85-76(13,14)15)47-34-40-54-82-68(96)62(90-78(19,20)21)48-35-41-55-83-74(7,8)9;1-34(2,3)31(45)28(42-33(47)30(44-38(13,14)15)24-18-21-27-41-36(7,8)9)22-16-19-25-39-32(46)29(43-37(10,11)12)23-17-20-26-40-35(4,5)6;/h58-64,83-85,89-92H,28-57H2,1-27H3,(H,81,95)(H,82,96)(H,86,97)(H,87,98)(H,88,99);28-30,40-41,43-44H,16-27H2,1-15H3,(H,39,46)(H,42,47);1H4. The van der Waals surface area contributed by atoms with Crippen LogP contribution in [0.4, 0.5) is 0 Å². The molecule has 10 unspecified atom stereocenters. The van der Waals surface area contributed by atoms with Gasteiger partial charge in [0.25, 0.3) is 0 Å². The third kappa shape index (κ3) is 84.9. The number of nitrogens with one attached hydrogen (secondary N) is 18. The van der Waals surface area contributed by atoms with Gasteiger partial charge in [0.2, 0.25) is 41.4 Å². The monoisotopic (exact) mass is 2080 g/mol. The van der Waals surface area contributed by atoms with Crippen molar-refractivity contribution in [3.8, 4) is 0 Å². The number of carbonyl (C=O) groups is 10. The van der Waals surface area contributed by atoms with Gasteiger partial charge in [-0.15, -0.1) is 0 Å². The minimum absolute atomic E-state index is 0. The molecule has 0 saturated carbocycles. The van der Waals surface area contributed by atoms with Gasteiger partial charge in [-0.2, -0.15) is 0 Å². The maximum Gasteiger partial charge on any atom is 0.243 e. The SMILES string of the molecule is C.CC(C)(C)CCCCCC(NC(C)(C)C)C(=O)CCCCCC(NC(=O)C(CCCCNC(C)(C)C)NC(C)(C)C)C(=O)NCCCCC(NC(=O)C(CCCCNC(=O)C(CCCCNC(C)(C)C)NC(C)(C)C)NC(=O)C(CCCCNC(C)(C)C)NC(C)(C)C)C(=O)C(C)(C)C.CC(C)(C)NCCCCC(NC(C)(C)C)C(=O)NCCCCC(NC(=O)C(CCCCNC(C)(C)C)NC(C)(C)C)C(=O)C(C)(C)C. The van der Waals surface area contributed by atoms with Crippen molar-refractivity contribution in [2.24, 2.45) is 16.2 Å². The lowest BCUT2D eigenvalue weighted by molar-refractivity contribution is -0.135. The van der Waals surface area contributed by atoms with E-state index in [0.717, 1.165) is 155 Å². The summed E-state index contributed by atoms with van der Waals surface area (Å²) in [7, 11) is 0. The van der Waals surface area contributed by atoms with E-state index >= 15 is 0 Å². The Kier molecular flexibility index (Phi) is 69.2. The normalized spacial score (nSPS) is 15.2. The van der Waals surface area contributed by atoms with Crippen molar-refractivity contribution in [2.45, 2.75) is 638 Å². The van der Waals surface area contributed by atoms with Crippen molar-refractivity contribution >= 4 is 58.7 Å². The summed E-state index contributed by atoms with van der Waals surface area (Å²) in [4.78, 5) is 140. The number of unbranched alkanes of at least 4 members (excludes halogenated alkanes) is 12. The van der Waals surface area contributed by atoms with Gasteiger partial charge in [0.15, 0.2) is 11.6 Å². The molecule has 28 nitrogen and oxygen atoms in total. The molecule has 18 N–H and O–H groups in total. The smallest absolute Gasteiger partial charge is 0.243 e. The van der Waals surface area contributed by atoms with Gasteiger partial charge in [-0.05, 0) is 414 Å². The van der Waals surface area contributed by atoms with E-state index in [-0.39, 0.29) is 158 Å². The van der Waals surface area contributed by atoms with E-state index in [1.54, 1.807) is 0 Å². The van der Waals surface area contributed by atoms with Crippen LogP contribution in [0.25, 0.3) is 0 Å². The molecular weight excluding hydrogens is 1840 g/mol. The molecule has 10 atom stereocenters. The molecule has 0 radical (unpaired) electrons. The highest BCUT2D eigenvalue weighted by Crippen LogP contribution is 2.27. The second-order valence-electron chi connectivity index (χ2n) is 57.1. The average Bonchev–Trinajstić information content (AvgIpc) is 0.847. The third-order valence-electron chi connectivity index (χ3n) is 24.5. The van der Waals surface area contributed by atoms with Crippen molar-refractivity contribution in [3.63, 3.8) is 0 Å². The maximum atomic E-state index is 14.8. The molecule has 0 heterocycles. The predicted octanol–water partition coefficient (Wildman–Crippen LogP) is 19.5. The molecule has 0 spiro atoms. The van der Waals surface area contributed by atoms with E-state index in [4.69, 9.17) is 0 Å². The Balaban J connectivity index is -0.00000360. The molecule has 0 rings (SSSR count). The number of amides is 7. The first-order chi connectivity index (χ1) is 66.4. The highest BCUT2D eigenvalue weighted by atomic mass is 16.2. The van der Waals surface area contributed by atoms with Gasteiger partial charge < -0.3 is 95.7 Å². The lowest BCUT2D eigenvalue weighted by Crippen LogP contribution is -2.57. The molecular formula is C119H242N18O10. The molecule has 868 valence electrons. The molecule has 7 amide bonds. The van der Waals surface area contributed by atoms with E-state index in [0.29, 0.717) is 103 Å². The Morgan fingerprint density at radius 3 is 0.585 bits per heavy atom. The van der Waals surface area contributed by atoms with Crippen LogP contribution in [0.1, 0.15) is 517 Å². The zero-order valence-corrected chi connectivity index (χ0v) is 103. The first kappa shape index (κ1) is 146. The van der Waals surface area contributed by atoms with Crippen LogP contribution in [0, 0.1) is 16.2 Å². The molecule has 0 aromatic rings. The number of hydrogen-bond acceptors (Lipinski definition) is 21. The first-order valence-corrected chi connectivity index (χ1v) is 57.4. The lowest BCUT2D eigenvalue weighted by atomic mass is 9.84. The minimum Gasteiger partial charge on any atom is -0.355 e. The van der Waals surface area contributed by atoms with Crippen LogP contribution in [0.5, 0.6) is 0 Å². The molecule has 0 saturated heterocycles. The Hall–Kier alpha value is -5.14. The summed E-state index contributed by atoms with van der Waals surface area (Å²) in [5.74, 6) is -1.30. The van der Waals surface area contributed by atoms with Gasteiger partial charge in [0.1, 0.15) is 17.9 Å². The molecule has 0 aliphatic rings. The van der Waals surface area contributed by atoms with E-state index in [1.807, 2.05) is 83.1 Å². The second-order valence-corrected chi connectivity index (χ2v) is 57.1. The van der Waals surface area contributed by atoms with Crippen molar-refractivity contribution in [3.05, 3.63) is 0 Å². The first-order valence-electron chi connectivity index (χ1n) is 57.4. The summed E-state index contributed by atoms with van der Waals surface area (Å²) in [6.45, 7) is 92.9. The quantitative estimate of drug-likeness (QED) is 0.0252. The van der Waals surface area contributed by atoms with Gasteiger partial charge in [0, 0.05) is 97.8 Å². The molecule has 0 fully saturated rings. The van der Waals surface area contributed by atoms with Crippen LogP contribution in [-0.2, 0) is 47.9 Å². The fourth-order valence-electron chi connectivity index (χ4n) is 17.3. The second kappa shape index (κ2) is 69.7. The van der Waals surface area contributed by atoms with Gasteiger partial charge in [-0.1, -0.05) is 134 Å². The Morgan fingerprint density at radius 2 is 0.354 bits per heavy atom. The largest absolute Gasteiger partial charge is 0.355 e. The predicted molar refractivity (Wildman–Crippen MR) is 623 cm³/mol. The Morgan fingerprint density at radius 1 is 0.177 bits per heavy atom. The minimum atomic E-state index is -0.969. The van der Waals surface area contributed by atoms with Gasteiger partial charge in [-0.25, -0.2) is 0 Å². The number of Topliss-reactive ketones (excluding diaryl/α,β-unsaturated/α-hetero) is 3. The van der Waals surface area contributed by atoms with Crippen LogP contribution < -0.4 is 95.7 Å². The van der Waals surface area contributed by atoms with Crippen LogP contribution >= 0.6 is 0 Å². The van der Waals surface area contributed by atoms with Crippen LogP contribution in [0.15, 0.2) is 0 Å². The molecule has 28 heteroatoms. The summed E-state index contributed by atoms with van der Waals surface area (Å²) >= 11 is 0. The molecule has 0 aliphatic carbocycles. The Bertz CT molecular complexity index is 3640.